The first-order valence-corrected chi connectivity index (χ1v) is 15.2. The number of allylic oxidation sites excluding steroid dienone is 1. The fraction of sp³-hybridized carbons (Fsp3) is 0.389. The standard InChI is InChI=1S/C36H45NO4/c1-2-3-4-5-6-7-8-9-10-11-12-13-26-41-34-23-14-29(15-24-34)16-25-35(39)30-17-20-32(21-18-30)37-28-31-19-22-33(38)27-36(31)40/h14-25,27-28,38,40H,2-13,26H2,1H3. The van der Waals surface area contributed by atoms with Crippen molar-refractivity contribution in [2.24, 2.45) is 4.99 Å². The highest BCUT2D eigenvalue weighted by Crippen LogP contribution is 2.22. The Kier molecular flexibility index (Phi) is 14.3. The number of benzene rings is 3. The molecule has 0 heterocycles. The summed E-state index contributed by atoms with van der Waals surface area (Å²) >= 11 is 0. The van der Waals surface area contributed by atoms with Gasteiger partial charge in [-0.3, -0.25) is 9.79 Å². The second-order valence-electron chi connectivity index (χ2n) is 10.6. The van der Waals surface area contributed by atoms with Gasteiger partial charge in [-0.15, -0.1) is 0 Å². The molecule has 3 aromatic rings. The lowest BCUT2D eigenvalue weighted by Gasteiger charge is -2.06. The molecule has 2 N–H and O–H groups in total. The number of aliphatic imine (C=N–C) groups is 1. The van der Waals surface area contributed by atoms with Crippen molar-refractivity contribution < 1.29 is 19.7 Å². The molecule has 41 heavy (non-hydrogen) atoms. The first-order valence-electron chi connectivity index (χ1n) is 15.2. The predicted molar refractivity (Wildman–Crippen MR) is 170 cm³/mol. The van der Waals surface area contributed by atoms with Gasteiger partial charge in [0.25, 0.3) is 0 Å². The molecular weight excluding hydrogens is 510 g/mol. The van der Waals surface area contributed by atoms with Crippen LogP contribution in [-0.4, -0.2) is 28.8 Å². The van der Waals surface area contributed by atoms with E-state index in [2.05, 4.69) is 11.9 Å². The first kappa shape index (κ1) is 31.7. The lowest BCUT2D eigenvalue weighted by atomic mass is 10.1. The number of aromatic hydroxyl groups is 2. The molecule has 0 unspecified atom stereocenters. The number of phenols is 2. The maximum Gasteiger partial charge on any atom is 0.185 e. The summed E-state index contributed by atoms with van der Waals surface area (Å²) in [5, 5.41) is 19.2. The Morgan fingerprint density at radius 2 is 1.37 bits per heavy atom. The highest BCUT2D eigenvalue weighted by Gasteiger charge is 2.03. The summed E-state index contributed by atoms with van der Waals surface area (Å²) < 4.78 is 5.89. The Morgan fingerprint density at radius 3 is 1.98 bits per heavy atom. The molecular formula is C36H45NO4. The van der Waals surface area contributed by atoms with E-state index in [1.54, 1.807) is 42.5 Å². The van der Waals surface area contributed by atoms with Crippen LogP contribution in [-0.2, 0) is 0 Å². The normalized spacial score (nSPS) is 11.4. The smallest absolute Gasteiger partial charge is 0.185 e. The maximum atomic E-state index is 12.6. The molecule has 0 spiro atoms. The van der Waals surface area contributed by atoms with Gasteiger partial charge >= 0.3 is 0 Å². The number of ketones is 1. The molecule has 0 saturated heterocycles. The summed E-state index contributed by atoms with van der Waals surface area (Å²) in [4.78, 5) is 16.9. The molecule has 5 heteroatoms. The van der Waals surface area contributed by atoms with Gasteiger partial charge in [-0.1, -0.05) is 95.8 Å². The monoisotopic (exact) mass is 555 g/mol. The highest BCUT2D eigenvalue weighted by atomic mass is 16.5. The summed E-state index contributed by atoms with van der Waals surface area (Å²) in [6.45, 7) is 3.01. The van der Waals surface area contributed by atoms with Crippen LogP contribution in [0.2, 0.25) is 0 Å². The largest absolute Gasteiger partial charge is 0.508 e. The van der Waals surface area contributed by atoms with E-state index in [-0.39, 0.29) is 17.3 Å². The molecule has 3 rings (SSSR count). The van der Waals surface area contributed by atoms with Crippen LogP contribution >= 0.6 is 0 Å². The van der Waals surface area contributed by atoms with Gasteiger partial charge in [-0.25, -0.2) is 0 Å². The third-order valence-corrected chi connectivity index (χ3v) is 7.09. The van der Waals surface area contributed by atoms with Crippen molar-refractivity contribution in [3.05, 3.63) is 89.5 Å². The van der Waals surface area contributed by atoms with Crippen molar-refractivity contribution in [1.82, 2.24) is 0 Å². The number of ether oxygens (including phenoxy) is 1. The SMILES string of the molecule is CCCCCCCCCCCCCCOc1ccc(C=CC(=O)c2ccc(N=Cc3ccc(O)cc3O)cc2)cc1. The zero-order valence-electron chi connectivity index (χ0n) is 24.4. The molecule has 0 amide bonds. The number of rotatable bonds is 19. The van der Waals surface area contributed by atoms with Crippen LogP contribution in [0.3, 0.4) is 0 Å². The quantitative estimate of drug-likeness (QED) is 0.0668. The minimum absolute atomic E-state index is 0.00938. The number of hydrogen-bond acceptors (Lipinski definition) is 5. The van der Waals surface area contributed by atoms with Crippen molar-refractivity contribution in [3.63, 3.8) is 0 Å². The van der Waals surface area contributed by atoms with Crippen molar-refractivity contribution in [1.29, 1.82) is 0 Å². The van der Waals surface area contributed by atoms with Gasteiger partial charge in [0.2, 0.25) is 0 Å². The molecule has 0 aliphatic heterocycles. The molecule has 0 aliphatic carbocycles. The van der Waals surface area contributed by atoms with Crippen LogP contribution < -0.4 is 4.74 Å². The van der Waals surface area contributed by atoms with Gasteiger partial charge in [0.05, 0.1) is 12.3 Å². The van der Waals surface area contributed by atoms with Gasteiger partial charge in [0, 0.05) is 23.4 Å². The fourth-order valence-electron chi connectivity index (χ4n) is 4.57. The molecule has 0 aliphatic rings. The van der Waals surface area contributed by atoms with Crippen LogP contribution in [0.4, 0.5) is 5.69 Å². The fourth-order valence-corrected chi connectivity index (χ4v) is 4.57. The number of hydrogen-bond donors (Lipinski definition) is 2. The minimum Gasteiger partial charge on any atom is -0.508 e. The summed E-state index contributed by atoms with van der Waals surface area (Å²) in [5.74, 6) is 0.701. The molecule has 3 aromatic carbocycles. The van der Waals surface area contributed by atoms with E-state index >= 15 is 0 Å². The summed E-state index contributed by atoms with van der Waals surface area (Å²) in [6, 6.07) is 19.1. The van der Waals surface area contributed by atoms with Crippen molar-refractivity contribution in [2.45, 2.75) is 84.0 Å². The van der Waals surface area contributed by atoms with E-state index in [1.807, 2.05) is 24.3 Å². The summed E-state index contributed by atoms with van der Waals surface area (Å²) in [5.41, 5.74) is 2.64. The Labute approximate surface area is 245 Å². The maximum absolute atomic E-state index is 12.6. The lowest BCUT2D eigenvalue weighted by Crippen LogP contribution is -1.97. The second kappa shape index (κ2) is 18.5. The average molecular weight is 556 g/mol. The van der Waals surface area contributed by atoms with E-state index in [0.717, 1.165) is 24.3 Å². The molecule has 0 fully saturated rings. The second-order valence-corrected chi connectivity index (χ2v) is 10.6. The van der Waals surface area contributed by atoms with E-state index in [4.69, 9.17) is 4.74 Å². The van der Waals surface area contributed by atoms with E-state index < -0.39 is 0 Å². The summed E-state index contributed by atoms with van der Waals surface area (Å²) in [7, 11) is 0. The lowest BCUT2D eigenvalue weighted by molar-refractivity contribution is 0.104. The van der Waals surface area contributed by atoms with Crippen LogP contribution in [0.25, 0.3) is 6.08 Å². The third-order valence-electron chi connectivity index (χ3n) is 7.09. The van der Waals surface area contributed by atoms with Crippen molar-refractivity contribution >= 4 is 23.8 Å². The Bertz CT molecular complexity index is 1230. The zero-order chi connectivity index (χ0) is 29.1. The Balaban J connectivity index is 1.31. The summed E-state index contributed by atoms with van der Waals surface area (Å²) in [6.07, 6.45) is 20.9. The third kappa shape index (κ3) is 12.5. The highest BCUT2D eigenvalue weighted by molar-refractivity contribution is 6.07. The molecule has 218 valence electrons. The predicted octanol–water partition coefficient (Wildman–Crippen LogP) is 9.82. The van der Waals surface area contributed by atoms with E-state index in [9.17, 15) is 15.0 Å². The number of nitrogens with zero attached hydrogens (tertiary/aromatic N) is 1. The molecule has 0 atom stereocenters. The Morgan fingerprint density at radius 1 is 0.756 bits per heavy atom. The van der Waals surface area contributed by atoms with Crippen LogP contribution in [0.1, 0.15) is 105 Å². The molecule has 0 radical (unpaired) electrons. The zero-order valence-corrected chi connectivity index (χ0v) is 24.4. The van der Waals surface area contributed by atoms with Gasteiger partial charge in [0.15, 0.2) is 5.78 Å². The van der Waals surface area contributed by atoms with E-state index in [1.165, 1.54) is 89.0 Å². The van der Waals surface area contributed by atoms with Gasteiger partial charge in [-0.05, 0) is 66.6 Å². The van der Waals surface area contributed by atoms with Gasteiger partial charge in [0.1, 0.15) is 17.2 Å². The van der Waals surface area contributed by atoms with E-state index in [0.29, 0.717) is 16.8 Å². The van der Waals surface area contributed by atoms with Gasteiger partial charge < -0.3 is 14.9 Å². The van der Waals surface area contributed by atoms with Crippen molar-refractivity contribution in [2.75, 3.05) is 6.61 Å². The molecule has 5 nitrogen and oxygen atoms in total. The van der Waals surface area contributed by atoms with Crippen LogP contribution in [0, 0.1) is 0 Å². The molecule has 0 bridgehead atoms. The Hall–Kier alpha value is -3.86. The first-order chi connectivity index (χ1) is 20.0. The van der Waals surface area contributed by atoms with Crippen LogP contribution in [0.15, 0.2) is 77.8 Å². The average Bonchev–Trinajstić information content (AvgIpc) is 2.98. The minimum atomic E-state index is -0.0935. The molecule has 0 aromatic heterocycles. The number of carbonyl (C=O) groups excluding carboxylic acids is 1. The van der Waals surface area contributed by atoms with Crippen LogP contribution in [0.5, 0.6) is 17.2 Å². The number of carbonyl (C=O) groups is 1. The van der Waals surface area contributed by atoms with Gasteiger partial charge in [-0.2, -0.15) is 0 Å². The van der Waals surface area contributed by atoms with Crippen molar-refractivity contribution in [3.8, 4) is 17.2 Å². The number of unbranched alkanes of at least 4 members (excludes halogenated alkanes) is 11. The topological polar surface area (TPSA) is 79.1 Å². The molecule has 0 saturated carbocycles. The number of phenolic OH excluding ortho intramolecular Hbond substituents is 2.